The van der Waals surface area contributed by atoms with E-state index in [1.807, 2.05) is 6.07 Å². The number of methoxy groups -OCH3 is 1. The number of nitrogens with one attached hydrogen (secondary N) is 2. The smallest absolute Gasteiger partial charge is 0.329 e. The molecule has 0 fully saturated rings. The predicted octanol–water partition coefficient (Wildman–Crippen LogP) is 3.20. The molecule has 2 aromatic carbocycles. The van der Waals surface area contributed by atoms with Crippen LogP contribution in [0.4, 0.5) is 5.69 Å². The van der Waals surface area contributed by atoms with Gasteiger partial charge in [0.1, 0.15) is 5.75 Å². The number of benzene rings is 2. The van der Waals surface area contributed by atoms with Crippen LogP contribution in [0.1, 0.15) is 5.56 Å². The molecule has 8 heteroatoms. The Morgan fingerprint density at radius 2 is 1.88 bits per heavy atom. The molecule has 2 aromatic rings. The van der Waals surface area contributed by atoms with Crippen molar-refractivity contribution in [3.05, 3.63) is 57.5 Å². The molecule has 0 aliphatic rings. The lowest BCUT2D eigenvalue weighted by Gasteiger charge is -2.05. The highest BCUT2D eigenvalue weighted by atomic mass is 79.9. The fourth-order valence-corrected chi connectivity index (χ4v) is 2.24. The van der Waals surface area contributed by atoms with Crippen LogP contribution in [0.15, 0.2) is 52.0 Å². The molecular formula is C16H13BrClN3O3. The van der Waals surface area contributed by atoms with Crippen LogP contribution < -0.4 is 15.5 Å². The number of hydrazone groups is 1. The van der Waals surface area contributed by atoms with Gasteiger partial charge in [0.05, 0.1) is 13.3 Å². The number of hydrogen-bond donors (Lipinski definition) is 2. The minimum Gasteiger partial charge on any atom is -0.496 e. The molecule has 124 valence electrons. The molecule has 0 saturated heterocycles. The van der Waals surface area contributed by atoms with Gasteiger partial charge in [0.25, 0.3) is 0 Å². The van der Waals surface area contributed by atoms with E-state index in [4.69, 9.17) is 16.3 Å². The zero-order chi connectivity index (χ0) is 17.5. The van der Waals surface area contributed by atoms with E-state index in [-0.39, 0.29) is 0 Å². The molecule has 0 heterocycles. The topological polar surface area (TPSA) is 79.8 Å². The van der Waals surface area contributed by atoms with Crippen molar-refractivity contribution in [2.75, 3.05) is 12.4 Å². The van der Waals surface area contributed by atoms with Gasteiger partial charge >= 0.3 is 11.8 Å². The van der Waals surface area contributed by atoms with E-state index in [0.29, 0.717) is 22.0 Å². The molecule has 2 N–H and O–H groups in total. The van der Waals surface area contributed by atoms with Gasteiger partial charge in [-0.2, -0.15) is 5.10 Å². The molecule has 0 radical (unpaired) electrons. The molecule has 2 amide bonds. The standard InChI is InChI=1S/C16H13BrClN3O3/c1-24-14-7-2-11(17)8-10(14)9-19-21-16(23)15(22)20-13-5-3-12(18)4-6-13/h2-9H,1H3,(H,20,22)(H,21,23)/b19-9-. The van der Waals surface area contributed by atoms with E-state index < -0.39 is 11.8 Å². The van der Waals surface area contributed by atoms with Crippen LogP contribution in [0.25, 0.3) is 0 Å². The number of carbonyl (C=O) groups is 2. The Kier molecular flexibility index (Phi) is 6.34. The van der Waals surface area contributed by atoms with Crippen molar-refractivity contribution in [3.8, 4) is 5.75 Å². The molecule has 2 rings (SSSR count). The van der Waals surface area contributed by atoms with Crippen molar-refractivity contribution in [1.82, 2.24) is 5.43 Å². The number of nitrogens with zero attached hydrogens (tertiary/aromatic N) is 1. The average Bonchev–Trinajstić information content (AvgIpc) is 2.57. The average molecular weight is 411 g/mol. The molecular weight excluding hydrogens is 398 g/mol. The maximum Gasteiger partial charge on any atom is 0.329 e. The first-order chi connectivity index (χ1) is 11.5. The number of anilines is 1. The van der Waals surface area contributed by atoms with Crippen LogP contribution >= 0.6 is 27.5 Å². The lowest BCUT2D eigenvalue weighted by atomic mass is 10.2. The second-order valence-electron chi connectivity index (χ2n) is 4.55. The number of halogens is 2. The molecule has 0 aromatic heterocycles. The highest BCUT2D eigenvalue weighted by molar-refractivity contribution is 9.10. The second-order valence-corrected chi connectivity index (χ2v) is 5.90. The summed E-state index contributed by atoms with van der Waals surface area (Å²) in [5.74, 6) is -1.15. The zero-order valence-corrected chi connectivity index (χ0v) is 14.9. The van der Waals surface area contributed by atoms with E-state index >= 15 is 0 Å². The summed E-state index contributed by atoms with van der Waals surface area (Å²) in [5.41, 5.74) is 3.25. The highest BCUT2D eigenvalue weighted by Gasteiger charge is 2.12. The maximum atomic E-state index is 11.8. The van der Waals surface area contributed by atoms with Gasteiger partial charge in [0, 0.05) is 20.7 Å². The third-order valence-electron chi connectivity index (χ3n) is 2.87. The van der Waals surface area contributed by atoms with Gasteiger partial charge in [0.2, 0.25) is 0 Å². The SMILES string of the molecule is COc1ccc(Br)cc1/C=N\NC(=O)C(=O)Nc1ccc(Cl)cc1. The fraction of sp³-hybridized carbons (Fsp3) is 0.0625. The number of hydrogen-bond acceptors (Lipinski definition) is 4. The summed E-state index contributed by atoms with van der Waals surface area (Å²) in [6, 6.07) is 11.7. The lowest BCUT2D eigenvalue weighted by molar-refractivity contribution is -0.136. The van der Waals surface area contributed by atoms with Gasteiger partial charge in [-0.25, -0.2) is 5.43 Å². The molecule has 6 nitrogen and oxygen atoms in total. The van der Waals surface area contributed by atoms with Crippen LogP contribution in [0.5, 0.6) is 5.75 Å². The largest absolute Gasteiger partial charge is 0.496 e. The Morgan fingerprint density at radius 3 is 2.54 bits per heavy atom. The van der Waals surface area contributed by atoms with Gasteiger partial charge in [-0.3, -0.25) is 9.59 Å². The Labute approximate surface area is 152 Å². The summed E-state index contributed by atoms with van der Waals surface area (Å²) in [6.45, 7) is 0. The van der Waals surface area contributed by atoms with Gasteiger partial charge in [0.15, 0.2) is 0 Å². The number of amides is 2. The summed E-state index contributed by atoms with van der Waals surface area (Å²) < 4.78 is 6.01. The number of ether oxygens (including phenoxy) is 1. The predicted molar refractivity (Wildman–Crippen MR) is 96.5 cm³/mol. The maximum absolute atomic E-state index is 11.8. The van der Waals surface area contributed by atoms with Crippen LogP contribution in [-0.2, 0) is 9.59 Å². The quantitative estimate of drug-likeness (QED) is 0.461. The fourth-order valence-electron chi connectivity index (χ4n) is 1.74. The van der Waals surface area contributed by atoms with Gasteiger partial charge in [-0.05, 0) is 42.5 Å². The normalized spacial score (nSPS) is 10.5. The molecule has 24 heavy (non-hydrogen) atoms. The molecule has 0 unspecified atom stereocenters. The Balaban J connectivity index is 1.96. The van der Waals surface area contributed by atoms with Crippen molar-refractivity contribution >= 4 is 51.2 Å². The van der Waals surface area contributed by atoms with E-state index in [1.165, 1.54) is 13.3 Å². The summed E-state index contributed by atoms with van der Waals surface area (Å²) in [7, 11) is 1.53. The summed E-state index contributed by atoms with van der Waals surface area (Å²) >= 11 is 9.08. The second kappa shape index (κ2) is 8.47. The summed E-state index contributed by atoms with van der Waals surface area (Å²) in [5, 5.41) is 6.73. The van der Waals surface area contributed by atoms with Gasteiger partial charge < -0.3 is 10.1 Å². The van der Waals surface area contributed by atoms with Gasteiger partial charge in [-0.15, -0.1) is 0 Å². The van der Waals surface area contributed by atoms with Crippen LogP contribution in [-0.4, -0.2) is 25.1 Å². The van der Waals surface area contributed by atoms with Crippen LogP contribution in [0.2, 0.25) is 5.02 Å². The van der Waals surface area contributed by atoms with Crippen molar-refractivity contribution in [3.63, 3.8) is 0 Å². The van der Waals surface area contributed by atoms with Crippen molar-refractivity contribution < 1.29 is 14.3 Å². The van der Waals surface area contributed by atoms with Crippen molar-refractivity contribution in [2.24, 2.45) is 5.10 Å². The number of carbonyl (C=O) groups excluding carboxylic acids is 2. The molecule has 0 aliphatic heterocycles. The van der Waals surface area contributed by atoms with Crippen molar-refractivity contribution in [2.45, 2.75) is 0 Å². The first-order valence-corrected chi connectivity index (χ1v) is 7.90. The van der Waals surface area contributed by atoms with E-state index in [2.05, 4.69) is 31.8 Å². The molecule has 0 spiro atoms. The monoisotopic (exact) mass is 409 g/mol. The molecule has 0 aliphatic carbocycles. The summed E-state index contributed by atoms with van der Waals surface area (Å²) in [4.78, 5) is 23.5. The Hall–Kier alpha value is -2.38. The van der Waals surface area contributed by atoms with E-state index in [9.17, 15) is 9.59 Å². The lowest BCUT2D eigenvalue weighted by Crippen LogP contribution is -2.32. The minimum atomic E-state index is -0.893. The first-order valence-electron chi connectivity index (χ1n) is 6.73. The zero-order valence-electron chi connectivity index (χ0n) is 12.5. The summed E-state index contributed by atoms with van der Waals surface area (Å²) in [6.07, 6.45) is 1.39. The molecule has 0 atom stereocenters. The molecule has 0 saturated carbocycles. The van der Waals surface area contributed by atoms with E-state index in [1.54, 1.807) is 36.4 Å². The highest BCUT2D eigenvalue weighted by Crippen LogP contribution is 2.21. The third-order valence-corrected chi connectivity index (χ3v) is 3.62. The van der Waals surface area contributed by atoms with Crippen LogP contribution in [0.3, 0.4) is 0 Å². The van der Waals surface area contributed by atoms with Crippen molar-refractivity contribution in [1.29, 1.82) is 0 Å². The Morgan fingerprint density at radius 1 is 1.17 bits per heavy atom. The first kappa shape index (κ1) is 18.0. The van der Waals surface area contributed by atoms with Gasteiger partial charge in [-0.1, -0.05) is 27.5 Å². The molecule has 0 bridgehead atoms. The van der Waals surface area contributed by atoms with Crippen LogP contribution in [0, 0.1) is 0 Å². The Bertz CT molecular complexity index is 779. The number of rotatable bonds is 4. The third kappa shape index (κ3) is 5.07. The van der Waals surface area contributed by atoms with E-state index in [0.717, 1.165) is 4.47 Å². The minimum absolute atomic E-state index is 0.456.